The van der Waals surface area contributed by atoms with E-state index < -0.39 is 5.92 Å². The number of ether oxygens (including phenoxy) is 1. The first-order valence-corrected chi connectivity index (χ1v) is 10.8. The van der Waals surface area contributed by atoms with E-state index in [2.05, 4.69) is 6.07 Å². The monoisotopic (exact) mass is 422 g/mol. The molecule has 2 aliphatic rings. The number of ketones is 1. The number of aromatic hydroxyl groups is 1. The number of benzene rings is 1. The molecule has 0 bridgehead atoms. The normalized spacial score (nSPS) is 21.5. The molecule has 3 rings (SSSR count). The molecule has 1 aliphatic carbocycles. The first-order chi connectivity index (χ1) is 14.1. The van der Waals surface area contributed by atoms with Crippen LogP contribution < -0.4 is 5.73 Å². The first kappa shape index (κ1) is 22.9. The summed E-state index contributed by atoms with van der Waals surface area (Å²) in [6.45, 7) is 16.3. The van der Waals surface area contributed by atoms with E-state index in [0.29, 0.717) is 24.2 Å². The van der Waals surface area contributed by atoms with Gasteiger partial charge in [0, 0.05) is 18.4 Å². The van der Waals surface area contributed by atoms with Gasteiger partial charge in [-0.25, -0.2) is 0 Å². The summed E-state index contributed by atoms with van der Waals surface area (Å²) in [5.74, 6) is 0.265. The van der Waals surface area contributed by atoms with Crippen molar-refractivity contribution >= 4 is 5.78 Å². The minimum Gasteiger partial charge on any atom is -0.507 e. The van der Waals surface area contributed by atoms with E-state index >= 15 is 0 Å². The van der Waals surface area contributed by atoms with Crippen molar-refractivity contribution < 1.29 is 14.6 Å². The van der Waals surface area contributed by atoms with Gasteiger partial charge in [-0.1, -0.05) is 67.5 Å². The highest BCUT2D eigenvalue weighted by Crippen LogP contribution is 2.50. The summed E-state index contributed by atoms with van der Waals surface area (Å²) in [6.07, 6.45) is 0.973. The van der Waals surface area contributed by atoms with Crippen molar-refractivity contribution in [3.8, 4) is 11.8 Å². The molecule has 166 valence electrons. The van der Waals surface area contributed by atoms with Gasteiger partial charge in [0.1, 0.15) is 23.2 Å². The molecule has 1 atom stereocenters. The largest absolute Gasteiger partial charge is 0.507 e. The van der Waals surface area contributed by atoms with Crippen molar-refractivity contribution in [2.45, 2.75) is 85.0 Å². The van der Waals surface area contributed by atoms with Crippen LogP contribution in [-0.4, -0.2) is 10.9 Å². The summed E-state index contributed by atoms with van der Waals surface area (Å²) in [5, 5.41) is 21.0. The fraction of sp³-hybridized carbons (Fsp3) is 0.538. The number of hydrogen-bond acceptors (Lipinski definition) is 5. The fourth-order valence-corrected chi connectivity index (χ4v) is 4.58. The average Bonchev–Trinajstić information content (AvgIpc) is 2.57. The van der Waals surface area contributed by atoms with Crippen LogP contribution in [0.25, 0.3) is 0 Å². The van der Waals surface area contributed by atoms with Gasteiger partial charge >= 0.3 is 0 Å². The molecule has 1 aromatic rings. The van der Waals surface area contributed by atoms with Gasteiger partial charge in [0.2, 0.25) is 5.88 Å². The van der Waals surface area contributed by atoms with Crippen LogP contribution in [0.4, 0.5) is 0 Å². The topological polar surface area (TPSA) is 96.3 Å². The van der Waals surface area contributed by atoms with Crippen molar-refractivity contribution in [2.75, 3.05) is 0 Å². The molecular formula is C26H34N2O3. The van der Waals surface area contributed by atoms with E-state index in [0.717, 1.165) is 16.7 Å². The predicted octanol–water partition coefficient (Wildman–Crippen LogP) is 5.44. The molecule has 1 aliphatic heterocycles. The number of phenolic OH excluding ortho intramolecular Hbond substituents is 1. The highest BCUT2D eigenvalue weighted by atomic mass is 16.5. The number of carbonyl (C=O) groups is 1. The lowest BCUT2D eigenvalue weighted by Crippen LogP contribution is -2.33. The maximum absolute atomic E-state index is 13.3. The summed E-state index contributed by atoms with van der Waals surface area (Å²) in [5.41, 5.74) is 8.41. The fourth-order valence-electron chi connectivity index (χ4n) is 4.58. The van der Waals surface area contributed by atoms with Gasteiger partial charge in [-0.05, 0) is 32.9 Å². The molecule has 5 nitrogen and oxygen atoms in total. The smallest absolute Gasteiger partial charge is 0.205 e. The van der Waals surface area contributed by atoms with E-state index in [1.807, 2.05) is 67.5 Å². The SMILES string of the molecule is CC1(C)CC(=O)C2=C(C1)OC(N)=C(C#N)C2c1cc(C(C)(C)C)c(O)c(C(C)(C)C)c1. The molecule has 31 heavy (non-hydrogen) atoms. The minimum absolute atomic E-state index is 0.0146. The average molecular weight is 423 g/mol. The Morgan fingerprint density at radius 3 is 2.06 bits per heavy atom. The Labute approximate surface area is 185 Å². The van der Waals surface area contributed by atoms with E-state index in [4.69, 9.17) is 10.5 Å². The molecule has 3 N–H and O–H groups in total. The Kier molecular flexibility index (Phi) is 5.29. The third-order valence-electron chi connectivity index (χ3n) is 6.16. The van der Waals surface area contributed by atoms with E-state index in [1.54, 1.807) is 0 Å². The standard InChI is InChI=1S/C26H34N2O3/c1-24(2,3)16-9-14(10-17(22(16)30)25(4,5)6)20-15(13-27)23(28)31-19-12-26(7,8)11-18(29)21(19)20/h9-10,20,30H,11-12,28H2,1-8H3. The highest BCUT2D eigenvalue weighted by Gasteiger charge is 2.43. The van der Waals surface area contributed by atoms with Crippen LogP contribution in [0.3, 0.4) is 0 Å². The Morgan fingerprint density at radius 1 is 1.10 bits per heavy atom. The number of carbonyl (C=O) groups excluding carboxylic acids is 1. The van der Waals surface area contributed by atoms with Crippen molar-refractivity contribution in [3.63, 3.8) is 0 Å². The molecular weight excluding hydrogens is 388 g/mol. The van der Waals surface area contributed by atoms with Crippen LogP contribution in [0.5, 0.6) is 5.75 Å². The molecule has 0 aromatic heterocycles. The number of hydrogen-bond donors (Lipinski definition) is 2. The van der Waals surface area contributed by atoms with E-state index in [-0.39, 0.29) is 39.2 Å². The number of nitriles is 1. The van der Waals surface area contributed by atoms with Crippen LogP contribution in [0, 0.1) is 16.7 Å². The molecule has 0 saturated carbocycles. The summed E-state index contributed by atoms with van der Waals surface area (Å²) in [4.78, 5) is 13.3. The summed E-state index contributed by atoms with van der Waals surface area (Å²) < 4.78 is 5.81. The van der Waals surface area contributed by atoms with Gasteiger partial charge in [-0.15, -0.1) is 0 Å². The lowest BCUT2D eigenvalue weighted by Gasteiger charge is -2.38. The third-order valence-corrected chi connectivity index (χ3v) is 6.16. The van der Waals surface area contributed by atoms with Gasteiger partial charge in [-0.3, -0.25) is 4.79 Å². The number of allylic oxidation sites excluding steroid dienone is 3. The molecule has 5 heteroatoms. The van der Waals surface area contributed by atoms with E-state index in [9.17, 15) is 15.2 Å². The van der Waals surface area contributed by atoms with Crippen LogP contribution in [0.1, 0.15) is 90.8 Å². The predicted molar refractivity (Wildman–Crippen MR) is 121 cm³/mol. The summed E-state index contributed by atoms with van der Waals surface area (Å²) >= 11 is 0. The molecule has 0 amide bonds. The maximum atomic E-state index is 13.3. The zero-order valence-corrected chi connectivity index (χ0v) is 19.9. The molecule has 0 fully saturated rings. The van der Waals surface area contributed by atoms with E-state index in [1.165, 1.54) is 0 Å². The summed E-state index contributed by atoms with van der Waals surface area (Å²) in [7, 11) is 0. The van der Waals surface area contributed by atoms with Crippen LogP contribution in [0.2, 0.25) is 0 Å². The maximum Gasteiger partial charge on any atom is 0.205 e. The Bertz CT molecular complexity index is 1020. The van der Waals surface area contributed by atoms with Crippen molar-refractivity contribution in [3.05, 3.63) is 51.6 Å². The second-order valence-electron chi connectivity index (χ2n) is 11.7. The number of nitrogens with zero attached hydrogens (tertiary/aromatic N) is 1. The Morgan fingerprint density at radius 2 is 1.61 bits per heavy atom. The molecule has 1 unspecified atom stereocenters. The Hall–Kier alpha value is -2.74. The number of Topliss-reactive ketones (excluding diaryl/α,β-unsaturated/α-hetero) is 1. The zero-order valence-electron chi connectivity index (χ0n) is 19.9. The van der Waals surface area contributed by atoms with Crippen molar-refractivity contribution in [2.24, 2.45) is 11.1 Å². The lowest BCUT2D eigenvalue weighted by molar-refractivity contribution is -0.119. The van der Waals surface area contributed by atoms with Crippen LogP contribution >= 0.6 is 0 Å². The molecule has 1 aromatic carbocycles. The number of phenols is 1. The van der Waals surface area contributed by atoms with Gasteiger partial charge in [-0.2, -0.15) is 5.26 Å². The van der Waals surface area contributed by atoms with Crippen LogP contribution in [-0.2, 0) is 20.4 Å². The van der Waals surface area contributed by atoms with Gasteiger partial charge in [0.05, 0.1) is 5.92 Å². The molecule has 0 saturated heterocycles. The van der Waals surface area contributed by atoms with Crippen molar-refractivity contribution in [1.29, 1.82) is 5.26 Å². The third kappa shape index (κ3) is 4.08. The minimum atomic E-state index is -0.597. The highest BCUT2D eigenvalue weighted by molar-refractivity contribution is 6.00. The second-order valence-corrected chi connectivity index (χ2v) is 11.7. The van der Waals surface area contributed by atoms with Gasteiger partial charge in [0.15, 0.2) is 5.78 Å². The quantitative estimate of drug-likeness (QED) is 0.628. The van der Waals surface area contributed by atoms with Crippen molar-refractivity contribution in [1.82, 2.24) is 0 Å². The first-order valence-electron chi connectivity index (χ1n) is 10.8. The molecule has 0 spiro atoms. The molecule has 1 heterocycles. The number of nitrogens with two attached hydrogens (primary N) is 1. The number of rotatable bonds is 1. The molecule has 0 radical (unpaired) electrons. The Balaban J connectivity index is 2.35. The van der Waals surface area contributed by atoms with Crippen LogP contribution in [0.15, 0.2) is 34.9 Å². The second kappa shape index (κ2) is 7.15. The van der Waals surface area contributed by atoms with Gasteiger partial charge in [0.25, 0.3) is 0 Å². The lowest BCUT2D eigenvalue weighted by atomic mass is 9.69. The van der Waals surface area contributed by atoms with Gasteiger partial charge < -0.3 is 15.6 Å². The summed E-state index contributed by atoms with van der Waals surface area (Å²) in [6, 6.07) is 6.03. The zero-order chi connectivity index (χ0) is 23.5.